The van der Waals surface area contributed by atoms with Gasteiger partial charge in [0.05, 0.1) is 0 Å². The molecule has 2 rings (SSSR count). The van der Waals surface area contributed by atoms with Crippen molar-refractivity contribution >= 4 is 36.8 Å². The topological polar surface area (TPSA) is 32.8 Å². The number of benzene rings is 1. The highest BCUT2D eigenvalue weighted by Gasteiger charge is 2.26. The molecule has 0 unspecified atom stereocenters. The minimum absolute atomic E-state index is 0.206. The van der Waals surface area contributed by atoms with E-state index >= 15 is 0 Å². The number of piperazine rings is 1. The maximum atomic E-state index is 12.3. The van der Waals surface area contributed by atoms with E-state index < -0.39 is 13.7 Å². The maximum Gasteiger partial charge on any atom is 0.410 e. The lowest BCUT2D eigenvalue weighted by Gasteiger charge is -2.36. The third-order valence-electron chi connectivity index (χ3n) is 4.85. The van der Waals surface area contributed by atoms with Crippen molar-refractivity contribution in [2.45, 2.75) is 66.4 Å². The Morgan fingerprint density at radius 2 is 1.72 bits per heavy atom. The molecule has 0 N–H and O–H groups in total. The van der Waals surface area contributed by atoms with Gasteiger partial charge in [-0.05, 0) is 80.0 Å². The zero-order valence-electron chi connectivity index (χ0n) is 19.2. The third kappa shape index (κ3) is 7.30. The second-order valence-electron chi connectivity index (χ2n) is 9.89. The molecule has 1 heterocycles. The Bertz CT molecular complexity index is 820. The number of rotatable bonds is 2. The van der Waals surface area contributed by atoms with Gasteiger partial charge in [0, 0.05) is 41.9 Å². The zero-order valence-corrected chi connectivity index (χ0v) is 22.4. The lowest BCUT2D eigenvalue weighted by atomic mass is 9.99. The molecule has 1 aromatic carbocycles. The van der Waals surface area contributed by atoms with Gasteiger partial charge in [0.25, 0.3) is 0 Å². The summed E-state index contributed by atoms with van der Waals surface area (Å²) in [5.74, 6) is 3.46. The van der Waals surface area contributed by atoms with Crippen LogP contribution < -0.4 is 0 Å². The Morgan fingerprint density at radius 1 is 1.14 bits per heavy atom. The van der Waals surface area contributed by atoms with Crippen LogP contribution in [0.5, 0.6) is 0 Å². The molecule has 29 heavy (non-hydrogen) atoms. The molecule has 4 nitrogen and oxygen atoms in total. The summed E-state index contributed by atoms with van der Waals surface area (Å²) in [6.45, 7) is 21.0. The van der Waals surface area contributed by atoms with Crippen molar-refractivity contribution in [2.75, 3.05) is 26.2 Å². The molecule has 1 amide bonds. The fourth-order valence-corrected chi connectivity index (χ4v) is 4.28. The van der Waals surface area contributed by atoms with E-state index in [1.54, 1.807) is 0 Å². The Kier molecular flexibility index (Phi) is 7.85. The van der Waals surface area contributed by atoms with Crippen LogP contribution in [0, 0.1) is 28.9 Å². The van der Waals surface area contributed by atoms with Crippen LogP contribution in [0.3, 0.4) is 0 Å². The van der Waals surface area contributed by atoms with Gasteiger partial charge in [-0.15, -0.1) is 5.54 Å². The summed E-state index contributed by atoms with van der Waals surface area (Å²) in [5, 5.41) is 0. The third-order valence-corrected chi connectivity index (χ3v) is 7.35. The van der Waals surface area contributed by atoms with Gasteiger partial charge in [0.2, 0.25) is 0 Å². The summed E-state index contributed by atoms with van der Waals surface area (Å²) >= 11 is 2.45. The van der Waals surface area contributed by atoms with Crippen molar-refractivity contribution in [3.05, 3.63) is 31.9 Å². The normalized spacial score (nSPS) is 15.7. The summed E-state index contributed by atoms with van der Waals surface area (Å²) in [6.07, 6.45) is -0.206. The highest BCUT2D eigenvalue weighted by Crippen LogP contribution is 2.25. The molecule has 160 valence electrons. The molecule has 1 fully saturated rings. The van der Waals surface area contributed by atoms with Gasteiger partial charge in [-0.3, -0.25) is 4.90 Å². The van der Waals surface area contributed by atoms with Crippen LogP contribution in [-0.4, -0.2) is 55.7 Å². The molecule has 6 heteroatoms. The summed E-state index contributed by atoms with van der Waals surface area (Å²) in [5.41, 5.74) is 8.18. The van der Waals surface area contributed by atoms with Crippen LogP contribution in [0.2, 0.25) is 19.6 Å². The van der Waals surface area contributed by atoms with Gasteiger partial charge in [-0.1, -0.05) is 25.6 Å². The van der Waals surface area contributed by atoms with Crippen molar-refractivity contribution in [3.8, 4) is 11.5 Å². The van der Waals surface area contributed by atoms with Crippen molar-refractivity contribution in [2.24, 2.45) is 0 Å². The number of hydrogen-bond acceptors (Lipinski definition) is 3. The first-order valence-corrected chi connectivity index (χ1v) is 14.9. The van der Waals surface area contributed by atoms with E-state index in [0.29, 0.717) is 13.1 Å². The van der Waals surface area contributed by atoms with E-state index in [1.165, 1.54) is 20.3 Å². The highest BCUT2D eigenvalue weighted by atomic mass is 127. The second-order valence-corrected chi connectivity index (χ2v) is 15.7. The molecule has 1 aromatic rings. The molecule has 0 saturated carbocycles. The predicted molar refractivity (Wildman–Crippen MR) is 132 cm³/mol. The lowest BCUT2D eigenvalue weighted by Crippen LogP contribution is -2.49. The molecule has 0 bridgehead atoms. The van der Waals surface area contributed by atoms with E-state index in [1.807, 2.05) is 25.7 Å². The standard InChI is InChI=1S/C23H35IN2O2Si/c1-17-19(9-14-29(6,7)8)15-20(18(2)21(17)24)16-25-10-12-26(13-11-25)22(27)28-23(3,4)5/h15H,10-13,16H2,1-8H3. The van der Waals surface area contributed by atoms with Crippen LogP contribution in [-0.2, 0) is 11.3 Å². The molecular weight excluding hydrogens is 491 g/mol. The first-order chi connectivity index (χ1) is 13.3. The largest absolute Gasteiger partial charge is 0.444 e. The average Bonchev–Trinajstić information content (AvgIpc) is 2.59. The van der Waals surface area contributed by atoms with Crippen LogP contribution >= 0.6 is 22.6 Å². The number of hydrogen-bond donors (Lipinski definition) is 0. The van der Waals surface area contributed by atoms with Gasteiger partial charge < -0.3 is 9.64 Å². The molecule has 1 aliphatic rings. The predicted octanol–water partition coefficient (Wildman–Crippen LogP) is 5.19. The Hall–Kier alpha value is -1.04. The lowest BCUT2D eigenvalue weighted by molar-refractivity contribution is 0.0139. The van der Waals surface area contributed by atoms with Crippen molar-refractivity contribution in [1.82, 2.24) is 9.80 Å². The van der Waals surface area contributed by atoms with Crippen LogP contribution in [0.4, 0.5) is 4.79 Å². The van der Waals surface area contributed by atoms with E-state index in [0.717, 1.165) is 25.2 Å². The van der Waals surface area contributed by atoms with Crippen molar-refractivity contribution < 1.29 is 9.53 Å². The molecular formula is C23H35IN2O2Si. The van der Waals surface area contributed by atoms with Gasteiger partial charge >= 0.3 is 6.09 Å². The molecule has 0 atom stereocenters. The molecule has 0 radical (unpaired) electrons. The zero-order chi connectivity index (χ0) is 22.0. The Morgan fingerprint density at radius 3 is 2.24 bits per heavy atom. The first-order valence-electron chi connectivity index (χ1n) is 10.3. The van der Waals surface area contributed by atoms with Gasteiger partial charge in [0.1, 0.15) is 13.7 Å². The van der Waals surface area contributed by atoms with Gasteiger partial charge in [0.15, 0.2) is 0 Å². The second kappa shape index (κ2) is 9.40. The summed E-state index contributed by atoms with van der Waals surface area (Å²) in [6, 6.07) is 2.28. The number of amides is 1. The first kappa shape index (κ1) is 24.2. The number of halogens is 1. The number of nitrogens with zero attached hydrogens (tertiary/aromatic N) is 2. The molecule has 0 spiro atoms. The minimum Gasteiger partial charge on any atom is -0.444 e. The number of carbonyl (C=O) groups is 1. The van der Waals surface area contributed by atoms with E-state index in [4.69, 9.17) is 4.74 Å². The molecule has 1 saturated heterocycles. The molecule has 0 aliphatic carbocycles. The quantitative estimate of drug-likeness (QED) is 0.302. The van der Waals surface area contributed by atoms with Gasteiger partial charge in [-0.2, -0.15) is 0 Å². The summed E-state index contributed by atoms with van der Waals surface area (Å²) in [7, 11) is -1.41. The van der Waals surface area contributed by atoms with E-state index in [-0.39, 0.29) is 6.09 Å². The Balaban J connectivity index is 2.10. The monoisotopic (exact) mass is 526 g/mol. The van der Waals surface area contributed by atoms with Gasteiger partial charge in [-0.25, -0.2) is 4.79 Å². The van der Waals surface area contributed by atoms with Crippen LogP contribution in [0.15, 0.2) is 6.07 Å². The fraction of sp³-hybridized carbons (Fsp3) is 0.609. The smallest absolute Gasteiger partial charge is 0.410 e. The molecule has 1 aliphatic heterocycles. The number of ether oxygens (including phenoxy) is 1. The molecule has 0 aromatic heterocycles. The maximum absolute atomic E-state index is 12.3. The average molecular weight is 527 g/mol. The van der Waals surface area contributed by atoms with Crippen LogP contribution in [0.1, 0.15) is 43.0 Å². The summed E-state index contributed by atoms with van der Waals surface area (Å²) in [4.78, 5) is 16.5. The number of carbonyl (C=O) groups excluding carboxylic acids is 1. The fourth-order valence-electron chi connectivity index (χ4n) is 3.14. The van der Waals surface area contributed by atoms with Crippen LogP contribution in [0.25, 0.3) is 0 Å². The van der Waals surface area contributed by atoms with E-state index in [2.05, 4.69) is 78.5 Å². The van der Waals surface area contributed by atoms with E-state index in [9.17, 15) is 4.79 Å². The highest BCUT2D eigenvalue weighted by molar-refractivity contribution is 14.1. The Labute approximate surface area is 191 Å². The SMILES string of the molecule is Cc1c(C#C[Si](C)(C)C)cc(CN2CCN(C(=O)OC(C)(C)C)CC2)c(C)c1I. The van der Waals surface area contributed by atoms with Crippen molar-refractivity contribution in [1.29, 1.82) is 0 Å². The summed E-state index contributed by atoms with van der Waals surface area (Å²) < 4.78 is 6.82. The minimum atomic E-state index is -1.41. The van der Waals surface area contributed by atoms with Crippen molar-refractivity contribution in [3.63, 3.8) is 0 Å².